The zero-order chi connectivity index (χ0) is 20.2. The normalized spacial score (nSPS) is 18.0. The second kappa shape index (κ2) is 8.40. The monoisotopic (exact) mass is 365 g/mol. The van der Waals surface area contributed by atoms with E-state index >= 15 is 0 Å². The molecule has 0 aliphatic carbocycles. The Morgan fingerprint density at radius 1 is 0.920 bits per heavy atom. The van der Waals surface area contributed by atoms with Crippen molar-refractivity contribution < 1.29 is 26.9 Å². The standard InChI is InChI=1S/C13H16BF4NO2.2C2H6/c1-11(2)12(3,4)21-14(20-11)8-6-9(15)10(19)5-7(8)13(16,17)18;2*1-2/h5-6H,19H2,1-4H3;2*1-2H3. The summed E-state index contributed by atoms with van der Waals surface area (Å²) in [5.41, 5.74) is 1.56. The van der Waals surface area contributed by atoms with Crippen molar-refractivity contribution >= 4 is 18.3 Å². The number of halogens is 4. The Morgan fingerprint density at radius 2 is 1.32 bits per heavy atom. The molecule has 1 aromatic rings. The summed E-state index contributed by atoms with van der Waals surface area (Å²) in [5.74, 6) is -0.937. The van der Waals surface area contributed by atoms with Crippen molar-refractivity contribution in [2.45, 2.75) is 72.8 Å². The molecular weight excluding hydrogens is 337 g/mol. The Morgan fingerprint density at radius 3 is 1.68 bits per heavy atom. The van der Waals surface area contributed by atoms with Crippen molar-refractivity contribution in [3.63, 3.8) is 0 Å². The first-order valence-electron chi connectivity index (χ1n) is 8.37. The maximum absolute atomic E-state index is 13.6. The summed E-state index contributed by atoms with van der Waals surface area (Å²) in [6, 6.07) is 1.29. The van der Waals surface area contributed by atoms with E-state index in [1.54, 1.807) is 27.7 Å². The van der Waals surface area contributed by atoms with E-state index in [0.29, 0.717) is 6.07 Å². The average molecular weight is 365 g/mol. The maximum Gasteiger partial charge on any atom is 0.495 e. The molecule has 0 radical (unpaired) electrons. The summed E-state index contributed by atoms with van der Waals surface area (Å²) in [5, 5.41) is 0. The van der Waals surface area contributed by atoms with Crippen LogP contribution in [-0.2, 0) is 15.5 Å². The quantitative estimate of drug-likeness (QED) is 0.443. The molecule has 0 saturated carbocycles. The van der Waals surface area contributed by atoms with Crippen LogP contribution < -0.4 is 11.2 Å². The number of anilines is 1. The Bertz CT molecular complexity index is 559. The average Bonchev–Trinajstić information content (AvgIpc) is 2.73. The molecule has 1 saturated heterocycles. The van der Waals surface area contributed by atoms with Crippen LogP contribution in [0.4, 0.5) is 23.2 Å². The molecule has 8 heteroatoms. The third kappa shape index (κ3) is 5.11. The van der Waals surface area contributed by atoms with E-state index in [1.165, 1.54) is 0 Å². The van der Waals surface area contributed by atoms with Crippen LogP contribution in [0.5, 0.6) is 0 Å². The maximum atomic E-state index is 13.6. The fourth-order valence-electron chi connectivity index (χ4n) is 2.02. The number of hydrogen-bond donors (Lipinski definition) is 1. The van der Waals surface area contributed by atoms with Crippen molar-refractivity contribution in [1.29, 1.82) is 0 Å². The smallest absolute Gasteiger partial charge is 0.399 e. The van der Waals surface area contributed by atoms with Crippen LogP contribution in [0, 0.1) is 5.82 Å². The van der Waals surface area contributed by atoms with Gasteiger partial charge in [-0.05, 0) is 45.3 Å². The van der Waals surface area contributed by atoms with Crippen molar-refractivity contribution in [3.05, 3.63) is 23.5 Å². The molecule has 0 bridgehead atoms. The van der Waals surface area contributed by atoms with Crippen LogP contribution in [0.15, 0.2) is 12.1 Å². The number of hydrogen-bond acceptors (Lipinski definition) is 3. The number of benzene rings is 1. The third-order valence-corrected chi connectivity index (χ3v) is 3.98. The molecule has 3 nitrogen and oxygen atoms in total. The van der Waals surface area contributed by atoms with Crippen LogP contribution in [0.2, 0.25) is 0 Å². The molecule has 144 valence electrons. The topological polar surface area (TPSA) is 44.5 Å². The lowest BCUT2D eigenvalue weighted by molar-refractivity contribution is -0.136. The van der Waals surface area contributed by atoms with Crippen LogP contribution in [-0.4, -0.2) is 18.3 Å². The fraction of sp³-hybridized carbons (Fsp3) is 0.647. The molecular formula is C17H28BF4NO2. The largest absolute Gasteiger partial charge is 0.495 e. The summed E-state index contributed by atoms with van der Waals surface area (Å²) >= 11 is 0. The van der Waals surface area contributed by atoms with Crippen molar-refractivity contribution in [2.75, 3.05) is 5.73 Å². The highest BCUT2D eigenvalue weighted by Gasteiger charge is 2.53. The Balaban J connectivity index is 0.00000134. The number of alkyl halides is 3. The number of nitrogens with two attached hydrogens (primary N) is 1. The molecule has 0 amide bonds. The summed E-state index contributed by atoms with van der Waals surface area (Å²) in [6.45, 7) is 14.8. The molecule has 0 spiro atoms. The Hall–Kier alpha value is -1.28. The highest BCUT2D eigenvalue weighted by atomic mass is 19.4. The SMILES string of the molecule is CC.CC.CC1(C)OB(c2cc(F)c(N)cc2C(F)(F)F)OC1(C)C. The van der Waals surface area contributed by atoms with E-state index in [4.69, 9.17) is 15.0 Å². The lowest BCUT2D eigenvalue weighted by atomic mass is 9.75. The molecule has 0 aromatic heterocycles. The second-order valence-corrected chi connectivity index (χ2v) is 6.05. The van der Waals surface area contributed by atoms with Crippen molar-refractivity contribution in [3.8, 4) is 0 Å². The predicted molar refractivity (Wildman–Crippen MR) is 94.2 cm³/mol. The van der Waals surface area contributed by atoms with Crippen LogP contribution in [0.25, 0.3) is 0 Å². The minimum absolute atomic E-state index is 0.409. The molecule has 1 aromatic carbocycles. The summed E-state index contributed by atoms with van der Waals surface area (Å²) < 4.78 is 64.0. The minimum atomic E-state index is -4.68. The molecule has 0 atom stereocenters. The van der Waals surface area contributed by atoms with E-state index in [1.807, 2.05) is 27.7 Å². The van der Waals surface area contributed by atoms with Crippen LogP contribution in [0.3, 0.4) is 0 Å². The van der Waals surface area contributed by atoms with Gasteiger partial charge < -0.3 is 15.0 Å². The van der Waals surface area contributed by atoms with Crippen LogP contribution in [0.1, 0.15) is 61.0 Å². The van der Waals surface area contributed by atoms with E-state index in [2.05, 4.69) is 0 Å². The molecule has 2 N–H and O–H groups in total. The molecule has 1 heterocycles. The zero-order valence-corrected chi connectivity index (χ0v) is 16.1. The molecule has 1 aliphatic rings. The Kier molecular flexibility index (Phi) is 7.98. The number of nitrogen functional groups attached to an aromatic ring is 1. The van der Waals surface area contributed by atoms with Gasteiger partial charge in [0.05, 0.1) is 22.5 Å². The molecule has 1 aliphatic heterocycles. The van der Waals surface area contributed by atoms with Gasteiger partial charge >= 0.3 is 13.3 Å². The van der Waals surface area contributed by atoms with E-state index in [-0.39, 0.29) is 0 Å². The first-order valence-corrected chi connectivity index (χ1v) is 8.37. The molecule has 2 rings (SSSR count). The lowest BCUT2D eigenvalue weighted by Gasteiger charge is -2.32. The van der Waals surface area contributed by atoms with Crippen molar-refractivity contribution in [1.82, 2.24) is 0 Å². The van der Waals surface area contributed by atoms with Crippen LogP contribution >= 0.6 is 0 Å². The molecule has 0 unspecified atom stereocenters. The minimum Gasteiger partial charge on any atom is -0.399 e. The van der Waals surface area contributed by atoms with Gasteiger partial charge in [0.25, 0.3) is 0 Å². The molecule has 25 heavy (non-hydrogen) atoms. The van der Waals surface area contributed by atoms with Gasteiger partial charge in [-0.3, -0.25) is 0 Å². The zero-order valence-electron chi connectivity index (χ0n) is 16.1. The van der Waals surface area contributed by atoms with Gasteiger partial charge in [0.15, 0.2) is 0 Å². The predicted octanol–water partition coefficient (Wildman–Crippen LogP) is 4.78. The van der Waals surface area contributed by atoms with Crippen molar-refractivity contribution in [2.24, 2.45) is 0 Å². The summed E-state index contributed by atoms with van der Waals surface area (Å²) in [6.07, 6.45) is -4.68. The third-order valence-electron chi connectivity index (χ3n) is 3.98. The highest BCUT2D eigenvalue weighted by molar-refractivity contribution is 6.62. The van der Waals surface area contributed by atoms with E-state index in [9.17, 15) is 17.6 Å². The van der Waals surface area contributed by atoms with Gasteiger partial charge in [0, 0.05) is 0 Å². The first-order chi connectivity index (χ1) is 11.3. The number of rotatable bonds is 1. The summed E-state index contributed by atoms with van der Waals surface area (Å²) in [4.78, 5) is 0. The van der Waals surface area contributed by atoms with Gasteiger partial charge in [-0.25, -0.2) is 4.39 Å². The lowest BCUT2D eigenvalue weighted by Crippen LogP contribution is -2.41. The fourth-order valence-corrected chi connectivity index (χ4v) is 2.02. The van der Waals surface area contributed by atoms with E-state index in [0.717, 1.165) is 6.07 Å². The van der Waals surface area contributed by atoms with Gasteiger partial charge in [-0.2, -0.15) is 13.2 Å². The molecule has 1 fully saturated rings. The highest BCUT2D eigenvalue weighted by Crippen LogP contribution is 2.38. The van der Waals surface area contributed by atoms with Gasteiger partial charge in [-0.15, -0.1) is 0 Å². The van der Waals surface area contributed by atoms with Gasteiger partial charge in [-0.1, -0.05) is 27.7 Å². The second-order valence-electron chi connectivity index (χ2n) is 6.05. The van der Waals surface area contributed by atoms with E-state index < -0.39 is 47.0 Å². The van der Waals surface area contributed by atoms with Gasteiger partial charge in [0.2, 0.25) is 0 Å². The Labute approximate surface area is 148 Å². The van der Waals surface area contributed by atoms with Gasteiger partial charge in [0.1, 0.15) is 5.82 Å². The first kappa shape index (κ1) is 23.7. The summed E-state index contributed by atoms with van der Waals surface area (Å²) in [7, 11) is -1.30.